The minimum absolute atomic E-state index is 0.0326. The number of aromatic hydroxyl groups is 1. The van der Waals surface area contributed by atoms with Crippen LogP contribution in [0.5, 0.6) is 5.75 Å². The van der Waals surface area contributed by atoms with E-state index in [1.165, 1.54) is 0 Å². The van der Waals surface area contributed by atoms with Gasteiger partial charge in [-0.25, -0.2) is 0 Å². The number of nitrogens with one attached hydrogen (secondary N) is 1. The number of hydrogen-bond acceptors (Lipinski definition) is 4. The smallest absolute Gasteiger partial charge is 0.226 e. The van der Waals surface area contributed by atoms with Gasteiger partial charge in [0.15, 0.2) is 0 Å². The van der Waals surface area contributed by atoms with Crippen LogP contribution < -0.4 is 10.2 Å². The van der Waals surface area contributed by atoms with Crippen LogP contribution in [0.3, 0.4) is 0 Å². The molecule has 1 aliphatic rings. The van der Waals surface area contributed by atoms with E-state index in [2.05, 4.69) is 10.2 Å². The average molecular weight is 291 g/mol. The van der Waals surface area contributed by atoms with Crippen molar-refractivity contribution in [1.82, 2.24) is 10.2 Å². The fourth-order valence-corrected chi connectivity index (χ4v) is 2.61. The van der Waals surface area contributed by atoms with Crippen molar-refractivity contribution in [2.75, 3.05) is 44.2 Å². The molecule has 2 N–H and O–H groups in total. The molecule has 1 unspecified atom stereocenters. The number of phenols is 1. The van der Waals surface area contributed by atoms with E-state index in [-0.39, 0.29) is 17.6 Å². The minimum atomic E-state index is 0.0326. The number of phenolic OH excluding ortho intramolecular Hbond substituents is 1. The lowest BCUT2D eigenvalue weighted by atomic mass is 10.1. The fourth-order valence-electron chi connectivity index (χ4n) is 2.61. The highest BCUT2D eigenvalue weighted by molar-refractivity contribution is 5.79. The first kappa shape index (κ1) is 15.6. The largest absolute Gasteiger partial charge is 0.508 e. The van der Waals surface area contributed by atoms with Crippen LogP contribution in [-0.4, -0.2) is 55.2 Å². The van der Waals surface area contributed by atoms with E-state index in [0.717, 1.165) is 45.0 Å². The predicted molar refractivity (Wildman–Crippen MR) is 84.6 cm³/mol. The first-order chi connectivity index (χ1) is 10.1. The lowest BCUT2D eigenvalue weighted by molar-refractivity contribution is -0.135. The molecule has 1 aliphatic heterocycles. The van der Waals surface area contributed by atoms with Gasteiger partial charge in [0.05, 0.1) is 0 Å². The number of hydrogen-bond donors (Lipinski definition) is 2. The van der Waals surface area contributed by atoms with Crippen molar-refractivity contribution in [3.05, 3.63) is 24.3 Å². The summed E-state index contributed by atoms with van der Waals surface area (Å²) < 4.78 is 0. The van der Waals surface area contributed by atoms with Crippen molar-refractivity contribution in [2.24, 2.45) is 5.92 Å². The third-order valence-electron chi connectivity index (χ3n) is 3.93. The number of amides is 1. The monoisotopic (exact) mass is 291 g/mol. The molecule has 0 bridgehead atoms. The molecule has 0 aromatic heterocycles. The van der Waals surface area contributed by atoms with Crippen molar-refractivity contribution in [1.29, 1.82) is 0 Å². The number of anilines is 1. The van der Waals surface area contributed by atoms with Crippen molar-refractivity contribution < 1.29 is 9.90 Å². The Morgan fingerprint density at radius 3 is 2.43 bits per heavy atom. The van der Waals surface area contributed by atoms with Gasteiger partial charge < -0.3 is 20.2 Å². The number of carbonyl (C=O) groups is 1. The number of rotatable bonds is 5. The van der Waals surface area contributed by atoms with Crippen molar-refractivity contribution >= 4 is 11.6 Å². The van der Waals surface area contributed by atoms with Crippen LogP contribution in [0.1, 0.15) is 13.8 Å². The molecule has 1 aromatic rings. The molecular weight excluding hydrogens is 266 g/mol. The number of nitrogens with zero attached hydrogens (tertiary/aromatic N) is 2. The molecule has 0 saturated carbocycles. The topological polar surface area (TPSA) is 55.8 Å². The maximum Gasteiger partial charge on any atom is 0.226 e. The highest BCUT2D eigenvalue weighted by Crippen LogP contribution is 2.20. The predicted octanol–water partition coefficient (Wildman–Crippen LogP) is 1.29. The quantitative estimate of drug-likeness (QED) is 0.858. The molecule has 1 heterocycles. The zero-order chi connectivity index (χ0) is 15.2. The SMILES string of the molecule is CCNCC(C)C(=O)N1CCN(c2ccc(O)cc2)CC1. The van der Waals surface area contributed by atoms with Gasteiger partial charge in [0.25, 0.3) is 0 Å². The molecule has 1 saturated heterocycles. The molecule has 1 aromatic carbocycles. The maximum atomic E-state index is 12.3. The fraction of sp³-hybridized carbons (Fsp3) is 0.562. The van der Waals surface area contributed by atoms with Crippen LogP contribution in [0.4, 0.5) is 5.69 Å². The van der Waals surface area contributed by atoms with Crippen LogP contribution >= 0.6 is 0 Å². The lowest BCUT2D eigenvalue weighted by Crippen LogP contribution is -2.51. The summed E-state index contributed by atoms with van der Waals surface area (Å²) in [6, 6.07) is 7.23. The third kappa shape index (κ3) is 4.11. The Morgan fingerprint density at radius 2 is 1.86 bits per heavy atom. The van der Waals surface area contributed by atoms with Crippen LogP contribution in [0.15, 0.2) is 24.3 Å². The van der Waals surface area contributed by atoms with E-state index in [9.17, 15) is 9.90 Å². The van der Waals surface area contributed by atoms with Gasteiger partial charge in [-0.05, 0) is 30.8 Å². The Bertz CT molecular complexity index is 453. The summed E-state index contributed by atoms with van der Waals surface area (Å²) in [5.74, 6) is 0.552. The van der Waals surface area contributed by atoms with E-state index >= 15 is 0 Å². The normalized spacial score (nSPS) is 16.9. The summed E-state index contributed by atoms with van der Waals surface area (Å²) in [4.78, 5) is 16.5. The summed E-state index contributed by atoms with van der Waals surface area (Å²) in [6.07, 6.45) is 0. The number of benzene rings is 1. The summed E-state index contributed by atoms with van der Waals surface area (Å²) >= 11 is 0. The molecule has 5 nitrogen and oxygen atoms in total. The van der Waals surface area contributed by atoms with Gasteiger partial charge in [-0.3, -0.25) is 4.79 Å². The second kappa shape index (κ2) is 7.31. The van der Waals surface area contributed by atoms with Crippen molar-refractivity contribution in [3.8, 4) is 5.75 Å². The maximum absolute atomic E-state index is 12.3. The second-order valence-electron chi connectivity index (χ2n) is 5.54. The van der Waals surface area contributed by atoms with Gasteiger partial charge in [0, 0.05) is 44.3 Å². The van der Waals surface area contributed by atoms with Crippen LogP contribution in [0.2, 0.25) is 0 Å². The Labute approximate surface area is 126 Å². The van der Waals surface area contributed by atoms with E-state index in [0.29, 0.717) is 0 Å². The van der Waals surface area contributed by atoms with Crippen molar-refractivity contribution in [2.45, 2.75) is 13.8 Å². The molecular formula is C16H25N3O2. The first-order valence-corrected chi connectivity index (χ1v) is 7.65. The van der Waals surface area contributed by atoms with Gasteiger partial charge in [0.1, 0.15) is 5.75 Å². The molecule has 21 heavy (non-hydrogen) atoms. The van der Waals surface area contributed by atoms with Gasteiger partial charge >= 0.3 is 0 Å². The summed E-state index contributed by atoms with van der Waals surface area (Å²) in [5, 5.41) is 12.6. The van der Waals surface area contributed by atoms with E-state index in [1.54, 1.807) is 12.1 Å². The molecule has 0 aliphatic carbocycles. The number of piperazine rings is 1. The molecule has 0 spiro atoms. The molecule has 1 amide bonds. The number of carbonyl (C=O) groups excluding carboxylic acids is 1. The van der Waals surface area contributed by atoms with Crippen LogP contribution in [-0.2, 0) is 4.79 Å². The van der Waals surface area contributed by atoms with Gasteiger partial charge in [-0.2, -0.15) is 0 Å². The first-order valence-electron chi connectivity index (χ1n) is 7.65. The minimum Gasteiger partial charge on any atom is -0.508 e. The van der Waals surface area contributed by atoms with Gasteiger partial charge in [0.2, 0.25) is 5.91 Å². The molecule has 116 valence electrons. The highest BCUT2D eigenvalue weighted by Gasteiger charge is 2.24. The second-order valence-corrected chi connectivity index (χ2v) is 5.54. The zero-order valence-corrected chi connectivity index (χ0v) is 12.9. The van der Waals surface area contributed by atoms with Gasteiger partial charge in [-0.15, -0.1) is 0 Å². The molecule has 1 atom stereocenters. The Balaban J connectivity index is 1.85. The zero-order valence-electron chi connectivity index (χ0n) is 12.9. The standard InChI is InChI=1S/C16H25N3O2/c1-3-17-12-13(2)16(21)19-10-8-18(9-11-19)14-4-6-15(20)7-5-14/h4-7,13,17,20H,3,8-12H2,1-2H3. The Morgan fingerprint density at radius 1 is 1.24 bits per heavy atom. The molecule has 5 heteroatoms. The summed E-state index contributed by atoms with van der Waals surface area (Å²) in [6.45, 7) is 8.87. The van der Waals surface area contributed by atoms with Gasteiger partial charge in [-0.1, -0.05) is 13.8 Å². The van der Waals surface area contributed by atoms with E-state index in [1.807, 2.05) is 30.9 Å². The van der Waals surface area contributed by atoms with E-state index < -0.39 is 0 Å². The molecule has 0 radical (unpaired) electrons. The van der Waals surface area contributed by atoms with Crippen molar-refractivity contribution in [3.63, 3.8) is 0 Å². The summed E-state index contributed by atoms with van der Waals surface area (Å²) in [5.41, 5.74) is 1.10. The van der Waals surface area contributed by atoms with Crippen LogP contribution in [0.25, 0.3) is 0 Å². The highest BCUT2D eigenvalue weighted by atomic mass is 16.3. The lowest BCUT2D eigenvalue weighted by Gasteiger charge is -2.37. The molecule has 1 fully saturated rings. The van der Waals surface area contributed by atoms with E-state index in [4.69, 9.17) is 0 Å². The average Bonchev–Trinajstić information content (AvgIpc) is 2.53. The third-order valence-corrected chi connectivity index (χ3v) is 3.93. The van der Waals surface area contributed by atoms with Crippen LogP contribution in [0, 0.1) is 5.92 Å². The molecule has 2 rings (SSSR count). The Hall–Kier alpha value is -1.75. The Kier molecular flexibility index (Phi) is 5.44. The summed E-state index contributed by atoms with van der Waals surface area (Å²) in [7, 11) is 0.